The van der Waals surface area contributed by atoms with Crippen molar-refractivity contribution in [3.63, 3.8) is 0 Å². The van der Waals surface area contributed by atoms with Crippen LogP contribution < -0.4 is 15.5 Å². The second-order valence-electron chi connectivity index (χ2n) is 8.58. The molecule has 2 N–H and O–H groups in total. The molecule has 0 aliphatic carbocycles. The number of amides is 1. The first-order chi connectivity index (χ1) is 15.4. The zero-order valence-electron chi connectivity index (χ0n) is 19.0. The molecule has 2 atom stereocenters. The summed E-state index contributed by atoms with van der Waals surface area (Å²) in [5.74, 6) is -0.127. The van der Waals surface area contributed by atoms with Gasteiger partial charge in [-0.25, -0.2) is 4.98 Å². The van der Waals surface area contributed by atoms with Gasteiger partial charge in [0.1, 0.15) is 0 Å². The Morgan fingerprint density at radius 1 is 1.12 bits per heavy atom. The van der Waals surface area contributed by atoms with Crippen molar-refractivity contribution in [1.82, 2.24) is 4.98 Å². The van der Waals surface area contributed by atoms with Crippen molar-refractivity contribution < 1.29 is 9.53 Å². The normalized spacial score (nSPS) is 18.6. The van der Waals surface area contributed by atoms with Crippen LogP contribution in [0.2, 0.25) is 0 Å². The molecule has 0 saturated carbocycles. The van der Waals surface area contributed by atoms with Crippen LogP contribution in [-0.2, 0) is 4.74 Å². The highest BCUT2D eigenvalue weighted by atomic mass is 32.1. The Labute approximate surface area is 193 Å². The second kappa shape index (κ2) is 9.71. The smallest absolute Gasteiger partial charge is 0.255 e. The molecule has 6 nitrogen and oxygen atoms in total. The zero-order chi connectivity index (χ0) is 22.7. The fourth-order valence-electron chi connectivity index (χ4n) is 3.89. The molecule has 2 aromatic carbocycles. The zero-order valence-corrected chi connectivity index (χ0v) is 19.8. The minimum absolute atomic E-state index is 0.127. The van der Waals surface area contributed by atoms with Crippen molar-refractivity contribution in [2.24, 2.45) is 0 Å². The van der Waals surface area contributed by atoms with Crippen molar-refractivity contribution in [1.29, 1.82) is 0 Å². The number of morpholine rings is 1. The van der Waals surface area contributed by atoms with Crippen LogP contribution in [0.15, 0.2) is 53.9 Å². The first-order valence-corrected chi connectivity index (χ1v) is 11.9. The molecule has 0 radical (unpaired) electrons. The number of aromatic nitrogens is 1. The van der Waals surface area contributed by atoms with E-state index in [1.165, 1.54) is 0 Å². The quantitative estimate of drug-likeness (QED) is 0.519. The lowest BCUT2D eigenvalue weighted by atomic mass is 10.1. The van der Waals surface area contributed by atoms with E-state index in [4.69, 9.17) is 4.74 Å². The average molecular weight is 451 g/mol. The highest BCUT2D eigenvalue weighted by Gasteiger charge is 2.22. The molecule has 2 heterocycles. The lowest BCUT2D eigenvalue weighted by Crippen LogP contribution is -2.45. The lowest BCUT2D eigenvalue weighted by molar-refractivity contribution is -0.00522. The van der Waals surface area contributed by atoms with Crippen LogP contribution in [-0.4, -0.2) is 42.2 Å². The molecule has 1 aliphatic heterocycles. The first kappa shape index (κ1) is 22.3. The van der Waals surface area contributed by atoms with Crippen molar-refractivity contribution in [2.45, 2.75) is 45.9 Å². The Morgan fingerprint density at radius 2 is 1.84 bits per heavy atom. The molecule has 0 bridgehead atoms. The lowest BCUT2D eigenvalue weighted by Gasteiger charge is -2.36. The number of carbonyl (C=O) groups excluding carboxylic acids is 1. The Bertz CT molecular complexity index is 1050. The molecule has 1 aromatic heterocycles. The van der Waals surface area contributed by atoms with Gasteiger partial charge in [0.2, 0.25) is 0 Å². The Morgan fingerprint density at radius 3 is 2.53 bits per heavy atom. The van der Waals surface area contributed by atoms with Gasteiger partial charge >= 0.3 is 0 Å². The van der Waals surface area contributed by atoms with Crippen LogP contribution in [0, 0.1) is 0 Å². The van der Waals surface area contributed by atoms with Gasteiger partial charge in [0, 0.05) is 47.0 Å². The molecule has 1 saturated heterocycles. The predicted octanol–water partition coefficient (Wildman–Crippen LogP) is 5.50. The summed E-state index contributed by atoms with van der Waals surface area (Å²) >= 11 is 1.58. The van der Waals surface area contributed by atoms with E-state index < -0.39 is 0 Å². The van der Waals surface area contributed by atoms with Crippen molar-refractivity contribution >= 4 is 33.8 Å². The molecule has 0 unspecified atom stereocenters. The van der Waals surface area contributed by atoms with E-state index in [9.17, 15) is 4.79 Å². The fourth-order valence-corrected chi connectivity index (χ4v) is 4.76. The third-order valence-corrected chi connectivity index (χ3v) is 6.02. The molecule has 1 fully saturated rings. The maximum absolute atomic E-state index is 12.8. The molecule has 0 spiro atoms. The Hall–Kier alpha value is -2.90. The van der Waals surface area contributed by atoms with Crippen molar-refractivity contribution in [2.75, 3.05) is 28.6 Å². The van der Waals surface area contributed by atoms with E-state index in [0.29, 0.717) is 11.6 Å². The van der Waals surface area contributed by atoms with Crippen LogP contribution in [0.3, 0.4) is 0 Å². The summed E-state index contributed by atoms with van der Waals surface area (Å²) in [6.45, 7) is 10.1. The average Bonchev–Trinajstić information content (AvgIpc) is 3.21. The summed E-state index contributed by atoms with van der Waals surface area (Å²) in [4.78, 5) is 19.8. The maximum atomic E-state index is 12.8. The summed E-state index contributed by atoms with van der Waals surface area (Å²) in [5.41, 5.74) is 4.36. The summed E-state index contributed by atoms with van der Waals surface area (Å²) in [7, 11) is 0. The number of carbonyl (C=O) groups is 1. The maximum Gasteiger partial charge on any atom is 0.255 e. The standard InChI is InChI=1S/C25H30N4O2S/c1-16(2)26-25-28-23(15-32-25)20-6-5-7-21(12-20)27-24(30)19-8-10-22(11-9-19)29-13-17(3)31-18(4)14-29/h5-12,15-18H,13-14H2,1-4H3,(H,26,28)(H,27,30)/t17-,18+. The van der Waals surface area contributed by atoms with E-state index in [1.54, 1.807) is 11.3 Å². The van der Waals surface area contributed by atoms with Crippen LogP contribution in [0.25, 0.3) is 11.3 Å². The topological polar surface area (TPSA) is 66.5 Å². The van der Waals surface area contributed by atoms with Gasteiger partial charge in [0.25, 0.3) is 5.91 Å². The summed E-state index contributed by atoms with van der Waals surface area (Å²) < 4.78 is 5.81. The summed E-state index contributed by atoms with van der Waals surface area (Å²) in [5, 5.41) is 9.25. The number of benzene rings is 2. The van der Waals surface area contributed by atoms with E-state index in [1.807, 2.05) is 53.9 Å². The molecule has 168 valence electrons. The van der Waals surface area contributed by atoms with Crippen molar-refractivity contribution in [3.8, 4) is 11.3 Å². The minimum atomic E-state index is -0.127. The first-order valence-electron chi connectivity index (χ1n) is 11.0. The van der Waals surface area contributed by atoms with Gasteiger partial charge in [-0.2, -0.15) is 0 Å². The number of rotatable bonds is 6. The molecule has 3 aromatic rings. The van der Waals surface area contributed by atoms with Gasteiger partial charge < -0.3 is 20.3 Å². The number of nitrogens with zero attached hydrogens (tertiary/aromatic N) is 2. The van der Waals surface area contributed by atoms with E-state index >= 15 is 0 Å². The number of nitrogens with one attached hydrogen (secondary N) is 2. The number of hydrogen-bond donors (Lipinski definition) is 2. The SMILES string of the molecule is CC(C)Nc1nc(-c2cccc(NC(=O)c3ccc(N4C[C@@H](C)O[C@@H](C)C4)cc3)c2)cs1. The van der Waals surface area contributed by atoms with E-state index in [2.05, 4.69) is 48.2 Å². The van der Waals surface area contributed by atoms with Gasteiger partial charge in [-0.3, -0.25) is 4.79 Å². The number of anilines is 3. The van der Waals surface area contributed by atoms with Gasteiger partial charge in [-0.05, 0) is 64.1 Å². The van der Waals surface area contributed by atoms with Crippen molar-refractivity contribution in [3.05, 3.63) is 59.5 Å². The second-order valence-corrected chi connectivity index (χ2v) is 9.44. The number of hydrogen-bond acceptors (Lipinski definition) is 6. The van der Waals surface area contributed by atoms with Crippen LogP contribution >= 0.6 is 11.3 Å². The van der Waals surface area contributed by atoms with Crippen LogP contribution in [0.4, 0.5) is 16.5 Å². The third kappa shape index (κ3) is 5.47. The van der Waals surface area contributed by atoms with Crippen LogP contribution in [0.1, 0.15) is 38.1 Å². The van der Waals surface area contributed by atoms with Crippen LogP contribution in [0.5, 0.6) is 0 Å². The minimum Gasteiger partial charge on any atom is -0.372 e. The highest BCUT2D eigenvalue weighted by Crippen LogP contribution is 2.27. The Balaban J connectivity index is 1.43. The molecule has 7 heteroatoms. The Kier molecular flexibility index (Phi) is 6.77. The molecular weight excluding hydrogens is 420 g/mol. The fraction of sp³-hybridized carbons (Fsp3) is 0.360. The number of ether oxygens (including phenoxy) is 1. The summed E-state index contributed by atoms with van der Waals surface area (Å²) in [6.07, 6.45) is 0.396. The van der Waals surface area contributed by atoms with Gasteiger partial charge in [0.15, 0.2) is 5.13 Å². The summed E-state index contributed by atoms with van der Waals surface area (Å²) in [6, 6.07) is 15.9. The number of thiazole rings is 1. The van der Waals surface area contributed by atoms with Gasteiger partial charge in [-0.15, -0.1) is 11.3 Å². The highest BCUT2D eigenvalue weighted by molar-refractivity contribution is 7.14. The molecule has 1 amide bonds. The monoisotopic (exact) mass is 450 g/mol. The van der Waals surface area contributed by atoms with E-state index in [0.717, 1.165) is 40.9 Å². The molecule has 1 aliphatic rings. The predicted molar refractivity (Wildman–Crippen MR) is 133 cm³/mol. The largest absolute Gasteiger partial charge is 0.372 e. The van der Waals surface area contributed by atoms with E-state index in [-0.39, 0.29) is 18.1 Å². The molecule has 4 rings (SSSR count). The van der Waals surface area contributed by atoms with Gasteiger partial charge in [0.05, 0.1) is 17.9 Å². The molecular formula is C25H30N4O2S. The van der Waals surface area contributed by atoms with Gasteiger partial charge in [-0.1, -0.05) is 12.1 Å². The molecule has 32 heavy (non-hydrogen) atoms. The third-order valence-electron chi connectivity index (χ3n) is 5.25.